The molecule has 4 rings (SSSR count). The lowest BCUT2D eigenvalue weighted by Gasteiger charge is -2.43. The maximum atomic E-state index is 12.8. The van der Waals surface area contributed by atoms with Crippen LogP contribution in [0.1, 0.15) is 35.3 Å². The SMILES string of the molecule is O=C(NC1(c2cccc(Br)c2)CCC1)c1cc2ccccc2c(=O)[nH]1. The van der Waals surface area contributed by atoms with E-state index in [0.717, 1.165) is 34.7 Å². The number of benzene rings is 2. The first-order chi connectivity index (χ1) is 12.1. The fourth-order valence-corrected chi connectivity index (χ4v) is 3.82. The zero-order chi connectivity index (χ0) is 17.4. The highest BCUT2D eigenvalue weighted by molar-refractivity contribution is 9.10. The number of amides is 1. The van der Waals surface area contributed by atoms with Crippen molar-refractivity contribution >= 4 is 32.6 Å². The van der Waals surface area contributed by atoms with Crippen LogP contribution < -0.4 is 10.9 Å². The Morgan fingerprint density at radius 3 is 2.60 bits per heavy atom. The van der Waals surface area contributed by atoms with E-state index in [9.17, 15) is 9.59 Å². The molecule has 1 aliphatic rings. The molecule has 1 fully saturated rings. The molecule has 5 heteroatoms. The van der Waals surface area contributed by atoms with Gasteiger partial charge in [-0.1, -0.05) is 46.3 Å². The zero-order valence-corrected chi connectivity index (χ0v) is 15.1. The molecule has 0 aliphatic heterocycles. The molecule has 126 valence electrons. The minimum atomic E-state index is -0.358. The van der Waals surface area contributed by atoms with Crippen LogP contribution in [0.5, 0.6) is 0 Å². The molecule has 0 spiro atoms. The molecular weight excluding hydrogens is 380 g/mol. The van der Waals surface area contributed by atoms with E-state index >= 15 is 0 Å². The molecule has 3 aromatic rings. The standard InChI is InChI=1S/C20H17BrN2O2/c21-15-7-3-6-14(12-15)20(9-4-10-20)23-19(25)17-11-13-5-1-2-8-16(13)18(24)22-17/h1-3,5-8,11-12H,4,9-10H2,(H,22,24)(H,23,25). The van der Waals surface area contributed by atoms with Gasteiger partial charge in [-0.2, -0.15) is 0 Å². The predicted molar refractivity (Wildman–Crippen MR) is 102 cm³/mol. The Labute approximate surface area is 153 Å². The molecule has 25 heavy (non-hydrogen) atoms. The van der Waals surface area contributed by atoms with E-state index in [4.69, 9.17) is 0 Å². The van der Waals surface area contributed by atoms with Gasteiger partial charge in [-0.15, -0.1) is 0 Å². The van der Waals surface area contributed by atoms with Gasteiger partial charge in [-0.05, 0) is 54.5 Å². The number of carbonyl (C=O) groups is 1. The fraction of sp³-hybridized carbons (Fsp3) is 0.200. The van der Waals surface area contributed by atoms with E-state index in [-0.39, 0.29) is 17.0 Å². The summed E-state index contributed by atoms with van der Waals surface area (Å²) in [6.45, 7) is 0. The van der Waals surface area contributed by atoms with Gasteiger partial charge in [0.2, 0.25) is 0 Å². The molecule has 0 saturated heterocycles. The van der Waals surface area contributed by atoms with Gasteiger partial charge >= 0.3 is 0 Å². The van der Waals surface area contributed by atoms with E-state index in [0.29, 0.717) is 11.1 Å². The lowest BCUT2D eigenvalue weighted by Crippen LogP contribution is -2.51. The summed E-state index contributed by atoms with van der Waals surface area (Å²) in [4.78, 5) is 27.7. The summed E-state index contributed by atoms with van der Waals surface area (Å²) in [7, 11) is 0. The summed E-state index contributed by atoms with van der Waals surface area (Å²) in [5.41, 5.74) is 0.784. The molecule has 0 unspecified atom stereocenters. The summed E-state index contributed by atoms with van der Waals surface area (Å²) >= 11 is 3.50. The van der Waals surface area contributed by atoms with Crippen molar-refractivity contribution in [3.8, 4) is 0 Å². The second-order valence-electron chi connectivity index (χ2n) is 6.50. The average Bonchev–Trinajstić information content (AvgIpc) is 2.58. The average molecular weight is 397 g/mol. The quantitative estimate of drug-likeness (QED) is 0.699. The molecule has 1 amide bonds. The summed E-state index contributed by atoms with van der Waals surface area (Å²) in [6, 6.07) is 17.0. The van der Waals surface area contributed by atoms with Crippen LogP contribution in [0.3, 0.4) is 0 Å². The summed E-state index contributed by atoms with van der Waals surface area (Å²) in [5, 5.41) is 4.50. The van der Waals surface area contributed by atoms with Crippen molar-refractivity contribution < 1.29 is 4.79 Å². The Kier molecular flexibility index (Phi) is 3.96. The monoisotopic (exact) mass is 396 g/mol. The Bertz CT molecular complexity index is 1020. The molecule has 2 N–H and O–H groups in total. The van der Waals surface area contributed by atoms with E-state index < -0.39 is 0 Å². The maximum absolute atomic E-state index is 12.8. The predicted octanol–water partition coefficient (Wildman–Crippen LogP) is 4.10. The van der Waals surface area contributed by atoms with Crippen LogP contribution in [0.4, 0.5) is 0 Å². The number of hydrogen-bond donors (Lipinski definition) is 2. The van der Waals surface area contributed by atoms with Gasteiger partial charge in [0.15, 0.2) is 0 Å². The zero-order valence-electron chi connectivity index (χ0n) is 13.5. The van der Waals surface area contributed by atoms with Crippen molar-refractivity contribution in [3.05, 3.63) is 80.7 Å². The summed E-state index contributed by atoms with van der Waals surface area (Å²) < 4.78 is 0.990. The number of fused-ring (bicyclic) bond motifs is 1. The fourth-order valence-electron chi connectivity index (χ4n) is 3.42. The second-order valence-corrected chi connectivity index (χ2v) is 7.42. The van der Waals surface area contributed by atoms with Gasteiger partial charge in [0.05, 0.1) is 5.54 Å². The van der Waals surface area contributed by atoms with E-state index in [1.165, 1.54) is 0 Å². The van der Waals surface area contributed by atoms with Crippen LogP contribution in [0.2, 0.25) is 0 Å². The van der Waals surface area contributed by atoms with Crippen molar-refractivity contribution in [2.24, 2.45) is 0 Å². The smallest absolute Gasteiger partial charge is 0.268 e. The van der Waals surface area contributed by atoms with Crippen molar-refractivity contribution in [1.82, 2.24) is 10.3 Å². The first-order valence-corrected chi connectivity index (χ1v) is 9.07. The largest absolute Gasteiger partial charge is 0.341 e. The lowest BCUT2D eigenvalue weighted by molar-refractivity contribution is 0.0818. The minimum Gasteiger partial charge on any atom is -0.341 e. The maximum Gasteiger partial charge on any atom is 0.268 e. The molecule has 0 radical (unpaired) electrons. The molecule has 0 bridgehead atoms. The van der Waals surface area contributed by atoms with Gasteiger partial charge in [-0.25, -0.2) is 0 Å². The lowest BCUT2D eigenvalue weighted by atomic mass is 9.71. The summed E-state index contributed by atoms with van der Waals surface area (Å²) in [5.74, 6) is -0.248. The number of H-pyrrole nitrogens is 1. The van der Waals surface area contributed by atoms with Gasteiger partial charge in [0.25, 0.3) is 11.5 Å². The van der Waals surface area contributed by atoms with Crippen molar-refractivity contribution in [1.29, 1.82) is 0 Å². The van der Waals surface area contributed by atoms with Crippen LogP contribution in [0, 0.1) is 0 Å². The third kappa shape index (κ3) is 2.89. The number of carbonyl (C=O) groups excluding carboxylic acids is 1. The van der Waals surface area contributed by atoms with Crippen LogP contribution in [0.15, 0.2) is 63.9 Å². The van der Waals surface area contributed by atoms with Gasteiger partial charge in [0, 0.05) is 9.86 Å². The Morgan fingerprint density at radius 2 is 1.88 bits per heavy atom. The van der Waals surface area contributed by atoms with Gasteiger partial charge in [-0.3, -0.25) is 9.59 Å². The van der Waals surface area contributed by atoms with E-state index in [2.05, 4.69) is 26.2 Å². The minimum absolute atomic E-state index is 0.242. The number of aromatic amines is 1. The first-order valence-electron chi connectivity index (χ1n) is 8.28. The molecule has 1 aliphatic carbocycles. The molecule has 2 aromatic carbocycles. The molecule has 1 heterocycles. The van der Waals surface area contributed by atoms with Crippen LogP contribution in [-0.2, 0) is 5.54 Å². The number of hydrogen-bond acceptors (Lipinski definition) is 2. The highest BCUT2D eigenvalue weighted by Crippen LogP contribution is 2.42. The van der Waals surface area contributed by atoms with Gasteiger partial charge in [0.1, 0.15) is 5.69 Å². The normalized spacial score (nSPS) is 15.6. The second kappa shape index (κ2) is 6.15. The van der Waals surface area contributed by atoms with Crippen molar-refractivity contribution in [3.63, 3.8) is 0 Å². The highest BCUT2D eigenvalue weighted by atomic mass is 79.9. The molecule has 4 nitrogen and oxygen atoms in total. The molecule has 1 saturated carbocycles. The highest BCUT2D eigenvalue weighted by Gasteiger charge is 2.40. The van der Waals surface area contributed by atoms with Crippen LogP contribution in [-0.4, -0.2) is 10.9 Å². The number of pyridine rings is 1. The summed E-state index contributed by atoms with van der Waals surface area (Å²) in [6.07, 6.45) is 2.86. The van der Waals surface area contributed by atoms with Crippen molar-refractivity contribution in [2.45, 2.75) is 24.8 Å². The van der Waals surface area contributed by atoms with Crippen LogP contribution in [0.25, 0.3) is 10.8 Å². The van der Waals surface area contributed by atoms with E-state index in [1.807, 2.05) is 42.5 Å². The van der Waals surface area contributed by atoms with Crippen molar-refractivity contribution in [2.75, 3.05) is 0 Å². The topological polar surface area (TPSA) is 62.0 Å². The van der Waals surface area contributed by atoms with Crippen LogP contribution >= 0.6 is 15.9 Å². The first kappa shape index (κ1) is 16.1. The van der Waals surface area contributed by atoms with Gasteiger partial charge < -0.3 is 10.3 Å². The number of aromatic nitrogens is 1. The third-order valence-electron chi connectivity index (χ3n) is 4.94. The Morgan fingerprint density at radius 1 is 1.08 bits per heavy atom. The number of halogens is 1. The number of nitrogens with one attached hydrogen (secondary N) is 2. The molecule has 0 atom stereocenters. The van der Waals surface area contributed by atoms with E-state index in [1.54, 1.807) is 12.1 Å². The Balaban J connectivity index is 1.68. The molecular formula is C20H17BrN2O2. The number of rotatable bonds is 3. The molecule has 1 aromatic heterocycles. The third-order valence-corrected chi connectivity index (χ3v) is 5.43. The Hall–Kier alpha value is -2.40.